The van der Waals surface area contributed by atoms with E-state index in [1.807, 2.05) is 0 Å². The second-order valence-corrected chi connectivity index (χ2v) is 6.41. The number of amides is 3. The van der Waals surface area contributed by atoms with Gasteiger partial charge in [0.25, 0.3) is 5.91 Å². The Morgan fingerprint density at radius 1 is 1.25 bits per heavy atom. The van der Waals surface area contributed by atoms with Crippen LogP contribution in [-0.2, 0) is 9.53 Å². The molecule has 130 valence electrons. The Hall–Kier alpha value is -2.08. The van der Waals surface area contributed by atoms with E-state index in [1.54, 1.807) is 12.1 Å². The molecule has 0 aliphatic heterocycles. The van der Waals surface area contributed by atoms with Crippen molar-refractivity contribution < 1.29 is 19.1 Å². The van der Waals surface area contributed by atoms with Crippen LogP contribution in [0.4, 0.5) is 4.79 Å². The number of halogens is 1. The minimum absolute atomic E-state index is 0.0700. The number of urea groups is 1. The van der Waals surface area contributed by atoms with E-state index in [0.717, 1.165) is 19.3 Å². The van der Waals surface area contributed by atoms with Crippen LogP contribution in [0.1, 0.15) is 43.0 Å². The lowest BCUT2D eigenvalue weighted by Crippen LogP contribution is -2.48. The van der Waals surface area contributed by atoms with Crippen LogP contribution in [0.2, 0.25) is 5.02 Å². The Labute approximate surface area is 145 Å². The molecule has 0 unspecified atom stereocenters. The van der Waals surface area contributed by atoms with Crippen LogP contribution in [0, 0.1) is 5.92 Å². The molecule has 1 aliphatic carbocycles. The summed E-state index contributed by atoms with van der Waals surface area (Å²) in [5.41, 5.74) is 0.246. The van der Waals surface area contributed by atoms with E-state index in [9.17, 15) is 14.4 Å². The second-order valence-electron chi connectivity index (χ2n) is 5.98. The molecule has 1 aromatic carbocycles. The minimum Gasteiger partial charge on any atom is -0.452 e. The van der Waals surface area contributed by atoms with Crippen LogP contribution in [0.25, 0.3) is 0 Å². The van der Waals surface area contributed by atoms with Crippen molar-refractivity contribution in [2.75, 3.05) is 6.61 Å². The Morgan fingerprint density at radius 2 is 2.00 bits per heavy atom. The predicted molar refractivity (Wildman–Crippen MR) is 89.8 cm³/mol. The van der Waals surface area contributed by atoms with Crippen molar-refractivity contribution >= 4 is 29.5 Å². The molecule has 0 radical (unpaired) electrons. The Bertz CT molecular complexity index is 620. The zero-order valence-corrected chi connectivity index (χ0v) is 14.3. The van der Waals surface area contributed by atoms with Gasteiger partial charge in [-0.3, -0.25) is 10.1 Å². The van der Waals surface area contributed by atoms with Crippen LogP contribution in [-0.4, -0.2) is 30.6 Å². The highest BCUT2D eigenvalue weighted by molar-refractivity contribution is 6.30. The summed E-state index contributed by atoms with van der Waals surface area (Å²) in [4.78, 5) is 35.3. The molecule has 2 rings (SSSR count). The molecule has 0 heterocycles. The number of carbonyl (C=O) groups excluding carboxylic acids is 3. The topological polar surface area (TPSA) is 84.5 Å². The highest BCUT2D eigenvalue weighted by Gasteiger charge is 2.23. The number of imide groups is 1. The quantitative estimate of drug-likeness (QED) is 0.816. The number of rotatable bonds is 4. The van der Waals surface area contributed by atoms with Gasteiger partial charge in [0.1, 0.15) is 0 Å². The number of benzene rings is 1. The third-order valence-electron chi connectivity index (χ3n) is 4.08. The molecule has 3 amide bonds. The lowest BCUT2D eigenvalue weighted by molar-refractivity contribution is -0.123. The van der Waals surface area contributed by atoms with Gasteiger partial charge in [-0.2, -0.15) is 0 Å². The van der Waals surface area contributed by atoms with Crippen LogP contribution in [0.5, 0.6) is 0 Å². The predicted octanol–water partition coefficient (Wildman–Crippen LogP) is 2.90. The summed E-state index contributed by atoms with van der Waals surface area (Å²) in [7, 11) is 0. The van der Waals surface area contributed by atoms with Gasteiger partial charge >= 0.3 is 12.0 Å². The van der Waals surface area contributed by atoms with Gasteiger partial charge < -0.3 is 10.1 Å². The summed E-state index contributed by atoms with van der Waals surface area (Å²) >= 11 is 5.78. The maximum absolute atomic E-state index is 11.8. The zero-order valence-electron chi connectivity index (χ0n) is 13.5. The van der Waals surface area contributed by atoms with Crippen LogP contribution >= 0.6 is 11.6 Å². The number of esters is 1. The second kappa shape index (κ2) is 8.68. The van der Waals surface area contributed by atoms with Crippen molar-refractivity contribution in [3.63, 3.8) is 0 Å². The van der Waals surface area contributed by atoms with Crippen molar-refractivity contribution in [3.05, 3.63) is 34.9 Å². The molecule has 0 aromatic heterocycles. The first-order valence-corrected chi connectivity index (χ1v) is 8.36. The van der Waals surface area contributed by atoms with Gasteiger partial charge in [0, 0.05) is 11.1 Å². The molecule has 2 N–H and O–H groups in total. The SMILES string of the molecule is C[C@H]1CCCC[C@@H]1NC(=O)NC(=O)COC(=O)c1cccc(Cl)c1. The van der Waals surface area contributed by atoms with E-state index in [1.165, 1.54) is 18.6 Å². The molecular weight excluding hydrogens is 332 g/mol. The van der Waals surface area contributed by atoms with Gasteiger partial charge in [0.2, 0.25) is 0 Å². The smallest absolute Gasteiger partial charge is 0.338 e. The lowest BCUT2D eigenvalue weighted by atomic mass is 9.86. The summed E-state index contributed by atoms with van der Waals surface area (Å²) in [6, 6.07) is 5.72. The standard InChI is InChI=1S/C17H21ClN2O4/c1-11-5-2-3-8-14(11)19-17(23)20-15(21)10-24-16(22)12-6-4-7-13(18)9-12/h4,6-7,9,11,14H,2-3,5,8,10H2,1H3,(H2,19,20,21,23)/t11-,14-/m0/s1. The van der Waals surface area contributed by atoms with Gasteiger partial charge in [-0.1, -0.05) is 37.4 Å². The summed E-state index contributed by atoms with van der Waals surface area (Å²) in [5.74, 6) is -0.958. The zero-order chi connectivity index (χ0) is 17.5. The number of carbonyl (C=O) groups is 3. The largest absolute Gasteiger partial charge is 0.452 e. The van der Waals surface area contributed by atoms with E-state index < -0.39 is 24.5 Å². The first kappa shape index (κ1) is 18.3. The maximum atomic E-state index is 11.8. The van der Waals surface area contributed by atoms with E-state index in [4.69, 9.17) is 16.3 Å². The number of ether oxygens (including phenoxy) is 1. The van der Waals surface area contributed by atoms with Crippen LogP contribution in [0.15, 0.2) is 24.3 Å². The van der Waals surface area contributed by atoms with Crippen molar-refractivity contribution in [2.24, 2.45) is 5.92 Å². The number of hydrogen-bond donors (Lipinski definition) is 2. The van der Waals surface area contributed by atoms with E-state index in [2.05, 4.69) is 17.6 Å². The van der Waals surface area contributed by atoms with E-state index in [-0.39, 0.29) is 11.6 Å². The summed E-state index contributed by atoms with van der Waals surface area (Å²) < 4.78 is 4.87. The Kier molecular flexibility index (Phi) is 6.61. The first-order chi connectivity index (χ1) is 11.5. The first-order valence-electron chi connectivity index (χ1n) is 7.98. The van der Waals surface area contributed by atoms with Crippen molar-refractivity contribution in [1.29, 1.82) is 0 Å². The van der Waals surface area contributed by atoms with E-state index >= 15 is 0 Å². The Morgan fingerprint density at radius 3 is 2.71 bits per heavy atom. The van der Waals surface area contributed by atoms with Gasteiger partial charge in [-0.25, -0.2) is 9.59 Å². The van der Waals surface area contributed by atoms with Gasteiger partial charge in [-0.05, 0) is 37.0 Å². The molecule has 0 bridgehead atoms. The van der Waals surface area contributed by atoms with Crippen molar-refractivity contribution in [2.45, 2.75) is 38.6 Å². The molecule has 1 aromatic rings. The van der Waals surface area contributed by atoms with E-state index in [0.29, 0.717) is 10.9 Å². The molecule has 1 aliphatic rings. The fourth-order valence-electron chi connectivity index (χ4n) is 2.73. The highest BCUT2D eigenvalue weighted by Crippen LogP contribution is 2.23. The summed E-state index contributed by atoms with van der Waals surface area (Å²) in [5, 5.41) is 5.37. The average Bonchev–Trinajstić information content (AvgIpc) is 2.54. The molecule has 7 heteroatoms. The molecule has 1 fully saturated rings. The number of hydrogen-bond acceptors (Lipinski definition) is 4. The third kappa shape index (κ3) is 5.53. The Balaban J connectivity index is 1.74. The van der Waals surface area contributed by atoms with Gasteiger partial charge in [0.05, 0.1) is 5.56 Å². The molecule has 2 atom stereocenters. The number of nitrogens with one attached hydrogen (secondary N) is 2. The molecule has 0 saturated heterocycles. The van der Waals surface area contributed by atoms with Crippen molar-refractivity contribution in [3.8, 4) is 0 Å². The normalized spacial score (nSPS) is 20.1. The highest BCUT2D eigenvalue weighted by atomic mass is 35.5. The molecule has 24 heavy (non-hydrogen) atoms. The summed E-state index contributed by atoms with van der Waals surface area (Å²) in [6.07, 6.45) is 4.21. The summed E-state index contributed by atoms with van der Waals surface area (Å²) in [6.45, 7) is 1.55. The monoisotopic (exact) mass is 352 g/mol. The minimum atomic E-state index is -0.675. The molecular formula is C17H21ClN2O4. The van der Waals surface area contributed by atoms with Gasteiger partial charge in [0.15, 0.2) is 6.61 Å². The molecule has 6 nitrogen and oxygen atoms in total. The maximum Gasteiger partial charge on any atom is 0.338 e. The third-order valence-corrected chi connectivity index (χ3v) is 4.31. The van der Waals surface area contributed by atoms with Gasteiger partial charge in [-0.15, -0.1) is 0 Å². The van der Waals surface area contributed by atoms with Crippen LogP contribution < -0.4 is 10.6 Å². The fourth-order valence-corrected chi connectivity index (χ4v) is 2.92. The fraction of sp³-hybridized carbons (Fsp3) is 0.471. The molecule has 0 spiro atoms. The van der Waals surface area contributed by atoms with Crippen molar-refractivity contribution in [1.82, 2.24) is 10.6 Å². The van der Waals surface area contributed by atoms with Crippen LogP contribution in [0.3, 0.4) is 0 Å². The lowest BCUT2D eigenvalue weighted by Gasteiger charge is -2.29. The molecule has 1 saturated carbocycles. The average molecular weight is 353 g/mol.